The lowest BCUT2D eigenvalue weighted by Crippen LogP contribution is -2.32. The van der Waals surface area contributed by atoms with E-state index in [1.54, 1.807) is 12.1 Å². The van der Waals surface area contributed by atoms with Gasteiger partial charge in [-0.3, -0.25) is 0 Å². The Morgan fingerprint density at radius 3 is 2.32 bits per heavy atom. The zero-order valence-corrected chi connectivity index (χ0v) is 21.6. The number of aromatic nitrogens is 2. The van der Waals surface area contributed by atoms with Crippen LogP contribution in [0.5, 0.6) is 0 Å². The van der Waals surface area contributed by atoms with E-state index in [2.05, 4.69) is 15.0 Å². The summed E-state index contributed by atoms with van der Waals surface area (Å²) in [6, 6.07) is 12.6. The topological polar surface area (TPSA) is 87.2 Å². The number of nitrogens with one attached hydrogen (secondary N) is 2. The Hall–Kier alpha value is -2.13. The van der Waals surface area contributed by atoms with E-state index in [1.807, 2.05) is 43.3 Å². The Kier molecular flexibility index (Phi) is 7.82. The molecule has 3 aromatic rings. The number of sulfonamides is 1. The van der Waals surface area contributed by atoms with Gasteiger partial charge >= 0.3 is 0 Å². The second kappa shape index (κ2) is 10.6. The molecule has 1 aliphatic rings. The molecule has 1 heterocycles. The second-order valence-electron chi connectivity index (χ2n) is 8.95. The summed E-state index contributed by atoms with van der Waals surface area (Å²) in [6.07, 6.45) is 3.95. The summed E-state index contributed by atoms with van der Waals surface area (Å²) in [4.78, 5) is 11.4. The number of hydrogen-bond acceptors (Lipinski definition) is 6. The predicted octanol–water partition coefficient (Wildman–Crippen LogP) is 5.20. The Balaban J connectivity index is 1.30. The van der Waals surface area contributed by atoms with Crippen molar-refractivity contribution in [3.05, 3.63) is 52.5 Å². The van der Waals surface area contributed by atoms with Crippen molar-refractivity contribution in [2.45, 2.75) is 30.6 Å². The van der Waals surface area contributed by atoms with Gasteiger partial charge in [0.05, 0.1) is 15.6 Å². The van der Waals surface area contributed by atoms with Crippen molar-refractivity contribution >= 4 is 55.9 Å². The minimum Gasteiger partial charge on any atom is -0.362 e. The molecule has 7 nitrogen and oxygen atoms in total. The summed E-state index contributed by atoms with van der Waals surface area (Å²) in [5.41, 5.74) is 0.916. The van der Waals surface area contributed by atoms with Crippen LogP contribution in [0.4, 0.5) is 11.8 Å². The highest BCUT2D eigenvalue weighted by Crippen LogP contribution is 2.31. The van der Waals surface area contributed by atoms with Gasteiger partial charge in [0, 0.05) is 32.6 Å². The molecule has 0 radical (unpaired) electrons. The third kappa shape index (κ3) is 5.74. The smallest absolute Gasteiger partial charge is 0.242 e. The molecule has 4 rings (SSSR count). The monoisotopic (exact) mass is 521 g/mol. The number of nitrogens with zero attached hydrogens (tertiary/aromatic N) is 3. The van der Waals surface area contributed by atoms with Crippen LogP contribution in [0.1, 0.15) is 25.7 Å². The van der Waals surface area contributed by atoms with Gasteiger partial charge in [0.25, 0.3) is 0 Å². The SMILES string of the molecule is CN(C)c1nc(NC[C@H]2CC[C@H](CNS(=O)(=O)c3cccc(Cl)c3Cl)CC2)nc2ccccc12. The molecule has 1 fully saturated rings. The molecule has 2 aromatic carbocycles. The normalized spacial score (nSPS) is 18.7. The van der Waals surface area contributed by atoms with Crippen LogP contribution in [0.25, 0.3) is 10.9 Å². The molecule has 1 aliphatic carbocycles. The minimum atomic E-state index is -3.70. The van der Waals surface area contributed by atoms with Crippen LogP contribution >= 0.6 is 23.2 Å². The Morgan fingerprint density at radius 2 is 1.62 bits per heavy atom. The van der Waals surface area contributed by atoms with Crippen molar-refractivity contribution in [1.82, 2.24) is 14.7 Å². The molecule has 0 spiro atoms. The minimum absolute atomic E-state index is 0.0204. The largest absolute Gasteiger partial charge is 0.362 e. The lowest BCUT2D eigenvalue weighted by atomic mass is 9.82. The maximum Gasteiger partial charge on any atom is 0.242 e. The van der Waals surface area contributed by atoms with Gasteiger partial charge in [0.2, 0.25) is 16.0 Å². The molecule has 0 amide bonds. The van der Waals surface area contributed by atoms with Gasteiger partial charge in [-0.15, -0.1) is 0 Å². The van der Waals surface area contributed by atoms with Crippen LogP contribution in [0.15, 0.2) is 47.4 Å². The Labute approximate surface area is 210 Å². The van der Waals surface area contributed by atoms with Gasteiger partial charge in [-0.25, -0.2) is 18.1 Å². The molecule has 0 unspecified atom stereocenters. The summed E-state index contributed by atoms with van der Waals surface area (Å²) >= 11 is 12.1. The first-order valence-corrected chi connectivity index (χ1v) is 13.6. The van der Waals surface area contributed by atoms with E-state index in [0.717, 1.165) is 48.9 Å². The maximum absolute atomic E-state index is 12.7. The molecular weight excluding hydrogens is 493 g/mol. The van der Waals surface area contributed by atoms with E-state index >= 15 is 0 Å². The molecule has 0 bridgehead atoms. The lowest BCUT2D eigenvalue weighted by Gasteiger charge is -2.29. The average molecular weight is 523 g/mol. The average Bonchev–Trinajstić information content (AvgIpc) is 2.83. The predicted molar refractivity (Wildman–Crippen MR) is 139 cm³/mol. The molecule has 1 saturated carbocycles. The zero-order chi connectivity index (χ0) is 24.3. The molecule has 2 N–H and O–H groups in total. The van der Waals surface area contributed by atoms with Crippen LogP contribution in [0.3, 0.4) is 0 Å². The van der Waals surface area contributed by atoms with E-state index in [0.29, 0.717) is 24.3 Å². The van der Waals surface area contributed by atoms with Crippen molar-refractivity contribution in [1.29, 1.82) is 0 Å². The van der Waals surface area contributed by atoms with Gasteiger partial charge in [-0.2, -0.15) is 4.98 Å². The van der Waals surface area contributed by atoms with Crippen LogP contribution < -0.4 is 14.9 Å². The van der Waals surface area contributed by atoms with Gasteiger partial charge in [0.1, 0.15) is 10.7 Å². The summed E-state index contributed by atoms with van der Waals surface area (Å²) in [7, 11) is 0.260. The van der Waals surface area contributed by atoms with Crippen molar-refractivity contribution in [3.8, 4) is 0 Å². The molecular formula is C24H29Cl2N5O2S. The van der Waals surface area contributed by atoms with E-state index in [9.17, 15) is 8.42 Å². The number of rotatable bonds is 8. The Morgan fingerprint density at radius 1 is 0.941 bits per heavy atom. The molecule has 182 valence electrons. The standard InChI is InChI=1S/C24H29Cl2N5O2S/c1-31(2)23-18-6-3-4-8-20(18)29-24(30-23)27-14-16-10-12-17(13-11-16)15-28-34(32,33)21-9-5-7-19(25)22(21)26/h3-9,16-17,28H,10-15H2,1-2H3,(H,27,29,30)/t16-,17-. The molecule has 0 saturated heterocycles. The first-order valence-electron chi connectivity index (χ1n) is 11.4. The van der Waals surface area contributed by atoms with E-state index < -0.39 is 10.0 Å². The molecule has 10 heteroatoms. The molecule has 0 atom stereocenters. The summed E-state index contributed by atoms with van der Waals surface area (Å²) in [5.74, 6) is 2.31. The Bertz CT molecular complexity index is 1260. The first kappa shape index (κ1) is 25.0. The fourth-order valence-corrected chi connectivity index (χ4v) is 6.23. The number of halogens is 2. The van der Waals surface area contributed by atoms with Crippen LogP contribution in [0.2, 0.25) is 10.0 Å². The second-order valence-corrected chi connectivity index (χ2v) is 11.5. The van der Waals surface area contributed by atoms with E-state index in [1.165, 1.54) is 6.07 Å². The van der Waals surface area contributed by atoms with Gasteiger partial charge in [-0.1, -0.05) is 41.4 Å². The highest BCUT2D eigenvalue weighted by Gasteiger charge is 2.25. The maximum atomic E-state index is 12.7. The number of anilines is 2. The number of hydrogen-bond donors (Lipinski definition) is 2. The van der Waals surface area contributed by atoms with Crippen molar-refractivity contribution in [2.24, 2.45) is 11.8 Å². The van der Waals surface area contributed by atoms with Gasteiger partial charge in [-0.05, 0) is 61.8 Å². The highest BCUT2D eigenvalue weighted by atomic mass is 35.5. The van der Waals surface area contributed by atoms with Gasteiger partial charge in [0.15, 0.2) is 0 Å². The fourth-order valence-electron chi connectivity index (χ4n) is 4.35. The van der Waals surface area contributed by atoms with Crippen molar-refractivity contribution < 1.29 is 8.42 Å². The summed E-state index contributed by atoms with van der Waals surface area (Å²) in [5, 5.41) is 4.73. The lowest BCUT2D eigenvalue weighted by molar-refractivity contribution is 0.284. The quantitative estimate of drug-likeness (QED) is 0.423. The molecule has 0 aliphatic heterocycles. The highest BCUT2D eigenvalue weighted by molar-refractivity contribution is 7.89. The third-order valence-electron chi connectivity index (χ3n) is 6.29. The van der Waals surface area contributed by atoms with Crippen LogP contribution in [-0.4, -0.2) is 45.6 Å². The van der Waals surface area contributed by atoms with Crippen molar-refractivity contribution in [2.75, 3.05) is 37.4 Å². The van der Waals surface area contributed by atoms with Gasteiger partial charge < -0.3 is 10.2 Å². The first-order chi connectivity index (χ1) is 16.2. The summed E-state index contributed by atoms with van der Waals surface area (Å²) in [6.45, 7) is 1.19. The molecule has 1 aromatic heterocycles. The van der Waals surface area contributed by atoms with Crippen LogP contribution in [0, 0.1) is 11.8 Å². The zero-order valence-electron chi connectivity index (χ0n) is 19.3. The van der Waals surface area contributed by atoms with E-state index in [-0.39, 0.29) is 14.9 Å². The molecule has 34 heavy (non-hydrogen) atoms. The number of fused-ring (bicyclic) bond motifs is 1. The third-order valence-corrected chi connectivity index (χ3v) is 8.69. The summed E-state index contributed by atoms with van der Waals surface area (Å²) < 4.78 is 28.0. The van der Waals surface area contributed by atoms with Crippen LogP contribution in [-0.2, 0) is 10.0 Å². The fraction of sp³-hybridized carbons (Fsp3) is 0.417. The van der Waals surface area contributed by atoms with E-state index in [4.69, 9.17) is 28.2 Å². The van der Waals surface area contributed by atoms with Crippen molar-refractivity contribution in [3.63, 3.8) is 0 Å². The number of para-hydroxylation sites is 1. The number of benzene rings is 2.